The van der Waals surface area contributed by atoms with Crippen molar-refractivity contribution in [1.29, 1.82) is 0 Å². The van der Waals surface area contributed by atoms with Crippen molar-refractivity contribution in [2.75, 3.05) is 13.1 Å². The van der Waals surface area contributed by atoms with Crippen molar-refractivity contribution in [2.24, 2.45) is 5.92 Å². The van der Waals surface area contributed by atoms with Crippen LogP contribution in [0.3, 0.4) is 0 Å². The normalized spacial score (nSPS) is 17.8. The Morgan fingerprint density at radius 2 is 2.07 bits per heavy atom. The van der Waals surface area contributed by atoms with Crippen LogP contribution in [0, 0.1) is 12.8 Å². The lowest BCUT2D eigenvalue weighted by atomic mass is 9.98. The number of nitrogens with one attached hydrogen (secondary N) is 1. The molecule has 1 aliphatic rings. The number of halogens is 3. The molecular formula is C18H18F3N3O3. The SMILES string of the molecule is Cc1[nH]c(-c2cccc(C(F)(F)F)c2)nc1C(=O)N1CCC[C@H](C(=O)O)C1. The lowest BCUT2D eigenvalue weighted by Gasteiger charge is -2.30. The number of alkyl halides is 3. The number of carbonyl (C=O) groups is 2. The molecule has 0 saturated carbocycles. The first-order valence-electron chi connectivity index (χ1n) is 8.43. The molecule has 1 aliphatic heterocycles. The number of carboxylic acids is 1. The molecule has 1 aromatic carbocycles. The van der Waals surface area contributed by atoms with E-state index in [9.17, 15) is 22.8 Å². The third-order valence-electron chi connectivity index (χ3n) is 4.61. The fraction of sp³-hybridized carbons (Fsp3) is 0.389. The van der Waals surface area contributed by atoms with E-state index < -0.39 is 29.5 Å². The van der Waals surface area contributed by atoms with Gasteiger partial charge in [-0.1, -0.05) is 12.1 Å². The van der Waals surface area contributed by atoms with E-state index in [1.165, 1.54) is 17.0 Å². The Hall–Kier alpha value is -2.84. The number of benzene rings is 1. The number of piperidine rings is 1. The van der Waals surface area contributed by atoms with Gasteiger partial charge in [-0.3, -0.25) is 9.59 Å². The van der Waals surface area contributed by atoms with Gasteiger partial charge in [0.05, 0.1) is 11.5 Å². The van der Waals surface area contributed by atoms with E-state index in [0.29, 0.717) is 25.1 Å². The van der Waals surface area contributed by atoms with Gasteiger partial charge >= 0.3 is 12.1 Å². The molecule has 1 saturated heterocycles. The summed E-state index contributed by atoms with van der Waals surface area (Å²) in [6.07, 6.45) is -3.39. The molecule has 3 rings (SSSR count). The molecule has 1 atom stereocenters. The van der Waals surface area contributed by atoms with Crippen LogP contribution in [0.5, 0.6) is 0 Å². The number of hydrogen-bond acceptors (Lipinski definition) is 3. The van der Waals surface area contributed by atoms with Gasteiger partial charge < -0.3 is 15.0 Å². The Labute approximate surface area is 153 Å². The van der Waals surface area contributed by atoms with E-state index in [1.807, 2.05) is 0 Å². The van der Waals surface area contributed by atoms with Gasteiger partial charge in [-0.25, -0.2) is 4.98 Å². The van der Waals surface area contributed by atoms with Crippen LogP contribution in [-0.2, 0) is 11.0 Å². The zero-order chi connectivity index (χ0) is 19.8. The van der Waals surface area contributed by atoms with Crippen LogP contribution < -0.4 is 0 Å². The number of hydrogen-bond donors (Lipinski definition) is 2. The maximum absolute atomic E-state index is 12.9. The van der Waals surface area contributed by atoms with Crippen LogP contribution in [0.1, 0.15) is 34.6 Å². The molecule has 2 heterocycles. The van der Waals surface area contributed by atoms with E-state index in [-0.39, 0.29) is 23.6 Å². The fourth-order valence-corrected chi connectivity index (χ4v) is 3.16. The summed E-state index contributed by atoms with van der Waals surface area (Å²) in [7, 11) is 0. The fourth-order valence-electron chi connectivity index (χ4n) is 3.16. The van der Waals surface area contributed by atoms with E-state index in [0.717, 1.165) is 12.1 Å². The first-order chi connectivity index (χ1) is 12.7. The summed E-state index contributed by atoms with van der Waals surface area (Å²) in [4.78, 5) is 32.4. The van der Waals surface area contributed by atoms with Gasteiger partial charge in [-0.2, -0.15) is 13.2 Å². The van der Waals surface area contributed by atoms with Crippen LogP contribution in [0.2, 0.25) is 0 Å². The van der Waals surface area contributed by atoms with E-state index >= 15 is 0 Å². The summed E-state index contributed by atoms with van der Waals surface area (Å²) in [5, 5.41) is 9.16. The van der Waals surface area contributed by atoms with Gasteiger partial charge in [0.2, 0.25) is 0 Å². The lowest BCUT2D eigenvalue weighted by molar-refractivity contribution is -0.143. The smallest absolute Gasteiger partial charge is 0.416 e. The largest absolute Gasteiger partial charge is 0.481 e. The van der Waals surface area contributed by atoms with E-state index in [2.05, 4.69) is 9.97 Å². The molecule has 2 aromatic rings. The molecule has 9 heteroatoms. The van der Waals surface area contributed by atoms with Crippen LogP contribution >= 0.6 is 0 Å². The van der Waals surface area contributed by atoms with Gasteiger partial charge in [0, 0.05) is 24.3 Å². The van der Waals surface area contributed by atoms with Crippen LogP contribution in [-0.4, -0.2) is 44.9 Å². The second kappa shape index (κ2) is 7.05. The number of aryl methyl sites for hydroxylation is 1. The van der Waals surface area contributed by atoms with Gasteiger partial charge in [-0.15, -0.1) is 0 Å². The number of aromatic nitrogens is 2. The minimum Gasteiger partial charge on any atom is -0.481 e. The lowest BCUT2D eigenvalue weighted by Crippen LogP contribution is -2.42. The molecule has 0 unspecified atom stereocenters. The Balaban J connectivity index is 1.86. The number of aliphatic carboxylic acids is 1. The molecule has 144 valence electrons. The molecule has 0 bridgehead atoms. The quantitative estimate of drug-likeness (QED) is 0.854. The second-order valence-corrected chi connectivity index (χ2v) is 6.57. The number of carboxylic acid groups (broad SMARTS) is 1. The Morgan fingerprint density at radius 3 is 2.74 bits per heavy atom. The molecule has 27 heavy (non-hydrogen) atoms. The summed E-state index contributed by atoms with van der Waals surface area (Å²) in [5.41, 5.74) is -0.0744. The van der Waals surface area contributed by atoms with Gasteiger partial charge in [0.25, 0.3) is 5.91 Å². The number of likely N-dealkylation sites (tertiary alicyclic amines) is 1. The minimum atomic E-state index is -4.48. The van der Waals surface area contributed by atoms with Crippen molar-refractivity contribution in [3.05, 3.63) is 41.2 Å². The molecule has 1 amide bonds. The first kappa shape index (κ1) is 18.9. The molecule has 0 aliphatic carbocycles. The average Bonchev–Trinajstić information content (AvgIpc) is 3.02. The number of nitrogens with zero attached hydrogens (tertiary/aromatic N) is 2. The maximum Gasteiger partial charge on any atom is 0.416 e. The first-order valence-corrected chi connectivity index (χ1v) is 8.43. The number of amides is 1. The molecule has 1 aromatic heterocycles. The van der Waals surface area contributed by atoms with Crippen LogP contribution in [0.4, 0.5) is 13.2 Å². The van der Waals surface area contributed by atoms with E-state index in [4.69, 9.17) is 5.11 Å². The third-order valence-corrected chi connectivity index (χ3v) is 4.61. The van der Waals surface area contributed by atoms with Gasteiger partial charge in [0.1, 0.15) is 11.5 Å². The predicted octanol–water partition coefficient (Wildman–Crippen LogP) is 3.34. The van der Waals surface area contributed by atoms with Crippen molar-refractivity contribution in [3.8, 4) is 11.4 Å². The molecular weight excluding hydrogens is 363 g/mol. The van der Waals surface area contributed by atoms with Crippen molar-refractivity contribution in [2.45, 2.75) is 25.9 Å². The van der Waals surface area contributed by atoms with Crippen molar-refractivity contribution >= 4 is 11.9 Å². The topological polar surface area (TPSA) is 86.3 Å². The average molecular weight is 381 g/mol. The van der Waals surface area contributed by atoms with Gasteiger partial charge in [0.15, 0.2) is 0 Å². The number of rotatable bonds is 3. The highest BCUT2D eigenvalue weighted by atomic mass is 19.4. The Bertz CT molecular complexity index is 876. The molecule has 0 spiro atoms. The zero-order valence-corrected chi connectivity index (χ0v) is 14.5. The molecule has 0 radical (unpaired) electrons. The van der Waals surface area contributed by atoms with Crippen molar-refractivity contribution < 1.29 is 27.9 Å². The summed E-state index contributed by atoms with van der Waals surface area (Å²) in [6.45, 7) is 2.13. The standard InChI is InChI=1S/C18H18F3N3O3/c1-10-14(16(25)24-7-3-5-12(9-24)17(26)27)23-15(22-10)11-4-2-6-13(8-11)18(19,20)21/h2,4,6,8,12H,3,5,7,9H2,1H3,(H,22,23)(H,26,27)/t12-/m0/s1. The Morgan fingerprint density at radius 1 is 1.33 bits per heavy atom. The van der Waals surface area contributed by atoms with Crippen molar-refractivity contribution in [3.63, 3.8) is 0 Å². The summed E-state index contributed by atoms with van der Waals surface area (Å²) in [6, 6.07) is 4.68. The maximum atomic E-state index is 12.9. The minimum absolute atomic E-state index is 0.0912. The van der Waals surface area contributed by atoms with E-state index in [1.54, 1.807) is 6.92 Å². The summed E-state index contributed by atoms with van der Waals surface area (Å²) < 4.78 is 38.7. The predicted molar refractivity (Wildman–Crippen MR) is 90.0 cm³/mol. The van der Waals surface area contributed by atoms with Crippen LogP contribution in [0.15, 0.2) is 24.3 Å². The highest BCUT2D eigenvalue weighted by molar-refractivity contribution is 5.94. The number of aromatic amines is 1. The van der Waals surface area contributed by atoms with Gasteiger partial charge in [-0.05, 0) is 31.9 Å². The monoisotopic (exact) mass is 381 g/mol. The molecule has 2 N–H and O–H groups in total. The number of carbonyl (C=O) groups excluding carboxylic acids is 1. The molecule has 6 nitrogen and oxygen atoms in total. The highest BCUT2D eigenvalue weighted by Crippen LogP contribution is 2.32. The Kier molecular flexibility index (Phi) is 4.95. The van der Waals surface area contributed by atoms with Crippen LogP contribution in [0.25, 0.3) is 11.4 Å². The van der Waals surface area contributed by atoms with Crippen molar-refractivity contribution in [1.82, 2.24) is 14.9 Å². The number of H-pyrrole nitrogens is 1. The zero-order valence-electron chi connectivity index (χ0n) is 14.5. The second-order valence-electron chi connectivity index (χ2n) is 6.57. The highest BCUT2D eigenvalue weighted by Gasteiger charge is 2.32. The molecule has 1 fully saturated rings. The third kappa shape index (κ3) is 3.96. The number of imidazole rings is 1. The summed E-state index contributed by atoms with van der Waals surface area (Å²) in [5.74, 6) is -1.83. The summed E-state index contributed by atoms with van der Waals surface area (Å²) >= 11 is 0.